The van der Waals surface area contributed by atoms with Gasteiger partial charge in [-0.1, -0.05) is 6.07 Å². The van der Waals surface area contributed by atoms with Gasteiger partial charge < -0.3 is 22.3 Å². The molecule has 0 unspecified atom stereocenters. The molecule has 0 saturated heterocycles. The van der Waals surface area contributed by atoms with E-state index in [-0.39, 0.29) is 6.61 Å². The first-order valence-electron chi connectivity index (χ1n) is 5.96. The van der Waals surface area contributed by atoms with Crippen molar-refractivity contribution in [3.05, 3.63) is 42.2 Å². The molecule has 1 aromatic carbocycles. The van der Waals surface area contributed by atoms with Crippen LogP contribution in [0.15, 0.2) is 30.6 Å². The minimum atomic E-state index is -5.17. The Bertz CT molecular complexity index is 597. The lowest BCUT2D eigenvalue weighted by Crippen LogP contribution is -2.34. The van der Waals surface area contributed by atoms with Crippen LogP contribution in [0.25, 0.3) is 0 Å². The Balaban J connectivity index is 2.04. The predicted molar refractivity (Wildman–Crippen MR) is 67.5 cm³/mol. The molecule has 2 rings (SSSR count). The zero-order valence-electron chi connectivity index (χ0n) is 10.7. The summed E-state index contributed by atoms with van der Waals surface area (Å²) in [7, 11) is 1.79. The highest BCUT2D eigenvalue weighted by molar-refractivity contribution is 6.73. The van der Waals surface area contributed by atoms with Crippen LogP contribution in [0, 0.1) is 5.82 Å². The Morgan fingerprint density at radius 1 is 1.30 bits per heavy atom. The quantitative estimate of drug-likeness (QED) is 0.623. The van der Waals surface area contributed by atoms with E-state index in [4.69, 9.17) is 4.74 Å². The van der Waals surface area contributed by atoms with Gasteiger partial charge in [0.25, 0.3) is 0 Å². The van der Waals surface area contributed by atoms with Gasteiger partial charge in [0.05, 0.1) is 6.61 Å². The topological polar surface area (TPSA) is 27.1 Å². The second-order valence-corrected chi connectivity index (χ2v) is 4.32. The summed E-state index contributed by atoms with van der Waals surface area (Å²) in [5.41, 5.74) is -0.876. The SMILES string of the molecule is Cn1ccnc1CCOc1cc([B-](F)(F)F)ccc1F. The van der Waals surface area contributed by atoms with Crippen LogP contribution < -0.4 is 10.2 Å². The van der Waals surface area contributed by atoms with Crippen molar-refractivity contribution in [3.63, 3.8) is 0 Å². The molecule has 1 aromatic heterocycles. The lowest BCUT2D eigenvalue weighted by atomic mass is 9.80. The second kappa shape index (κ2) is 5.56. The first kappa shape index (κ1) is 14.4. The molecule has 0 atom stereocenters. The molecule has 0 bridgehead atoms. The molecule has 0 saturated carbocycles. The molecule has 3 nitrogen and oxygen atoms in total. The van der Waals surface area contributed by atoms with E-state index in [1.165, 1.54) is 0 Å². The van der Waals surface area contributed by atoms with E-state index >= 15 is 0 Å². The summed E-state index contributed by atoms with van der Waals surface area (Å²) in [5.74, 6) is -0.494. The molecule has 0 aliphatic rings. The Hall–Kier alpha value is -1.99. The average molecular weight is 287 g/mol. The van der Waals surface area contributed by atoms with Gasteiger partial charge in [-0.3, -0.25) is 0 Å². The summed E-state index contributed by atoms with van der Waals surface area (Å²) >= 11 is 0. The number of nitrogens with zero attached hydrogens (tertiary/aromatic N) is 2. The summed E-state index contributed by atoms with van der Waals surface area (Å²) < 4.78 is 57.9. The molecule has 108 valence electrons. The first-order valence-corrected chi connectivity index (χ1v) is 5.96. The molecule has 20 heavy (non-hydrogen) atoms. The van der Waals surface area contributed by atoms with E-state index < -0.39 is 24.0 Å². The van der Waals surface area contributed by atoms with Gasteiger partial charge in [-0.25, -0.2) is 9.37 Å². The number of halogens is 4. The highest BCUT2D eigenvalue weighted by Crippen LogP contribution is 2.18. The number of ether oxygens (including phenoxy) is 1. The number of benzene rings is 1. The monoisotopic (exact) mass is 287 g/mol. The minimum absolute atomic E-state index is 0.0517. The van der Waals surface area contributed by atoms with Crippen molar-refractivity contribution in [3.8, 4) is 5.75 Å². The predicted octanol–water partition coefficient (Wildman–Crippen LogP) is 2.24. The van der Waals surface area contributed by atoms with Crippen molar-refractivity contribution < 1.29 is 22.1 Å². The molecular formula is C12H12BF4N2O-. The van der Waals surface area contributed by atoms with Crippen molar-refractivity contribution in [2.45, 2.75) is 6.42 Å². The van der Waals surface area contributed by atoms with Gasteiger partial charge in [0, 0.05) is 25.9 Å². The van der Waals surface area contributed by atoms with Gasteiger partial charge in [0.15, 0.2) is 11.6 Å². The van der Waals surface area contributed by atoms with Crippen LogP contribution in [0.1, 0.15) is 5.82 Å². The number of hydrogen-bond donors (Lipinski definition) is 0. The fourth-order valence-corrected chi connectivity index (χ4v) is 1.72. The molecule has 0 aliphatic heterocycles. The number of aromatic nitrogens is 2. The van der Waals surface area contributed by atoms with E-state index in [0.29, 0.717) is 24.4 Å². The highest BCUT2D eigenvalue weighted by atomic mass is 19.4. The molecule has 0 radical (unpaired) electrons. The maximum Gasteiger partial charge on any atom is 0.509 e. The van der Waals surface area contributed by atoms with Crippen molar-refractivity contribution in [1.29, 1.82) is 0 Å². The third kappa shape index (κ3) is 3.31. The third-order valence-electron chi connectivity index (χ3n) is 2.84. The van der Waals surface area contributed by atoms with Crippen molar-refractivity contribution in [2.75, 3.05) is 6.61 Å². The largest absolute Gasteiger partial charge is 0.509 e. The minimum Gasteiger partial charge on any atom is -0.490 e. The van der Waals surface area contributed by atoms with Crippen molar-refractivity contribution in [2.24, 2.45) is 7.05 Å². The zero-order chi connectivity index (χ0) is 14.8. The summed E-state index contributed by atoms with van der Waals surface area (Å²) in [6.45, 7) is -5.11. The molecule has 0 amide bonds. The molecule has 0 fully saturated rings. The zero-order valence-corrected chi connectivity index (χ0v) is 10.7. The van der Waals surface area contributed by atoms with Gasteiger partial charge >= 0.3 is 6.98 Å². The van der Waals surface area contributed by atoms with Crippen molar-refractivity contribution in [1.82, 2.24) is 9.55 Å². The highest BCUT2D eigenvalue weighted by Gasteiger charge is 2.26. The summed E-state index contributed by atoms with van der Waals surface area (Å²) in [5, 5.41) is 0. The number of hydrogen-bond acceptors (Lipinski definition) is 2. The summed E-state index contributed by atoms with van der Waals surface area (Å²) in [4.78, 5) is 4.04. The van der Waals surface area contributed by atoms with E-state index in [1.54, 1.807) is 24.0 Å². The lowest BCUT2D eigenvalue weighted by molar-refractivity contribution is 0.301. The fraction of sp³-hybridized carbons (Fsp3) is 0.250. The standard InChI is InChI=1S/C12H12BF4N2O/c1-19-6-5-18-12(19)4-7-20-11-8-9(13(15,16)17)2-3-10(11)14/h2-3,5-6,8H,4,7H2,1H3/q-1. The molecule has 2 aromatic rings. The Labute approximate surface area is 113 Å². The Kier molecular flexibility index (Phi) is 4.01. The average Bonchev–Trinajstić information content (AvgIpc) is 2.76. The van der Waals surface area contributed by atoms with Crippen LogP contribution in [-0.2, 0) is 13.5 Å². The van der Waals surface area contributed by atoms with Crippen LogP contribution in [-0.4, -0.2) is 23.1 Å². The maximum absolute atomic E-state index is 13.4. The van der Waals surface area contributed by atoms with Crippen LogP contribution in [0.4, 0.5) is 17.3 Å². The van der Waals surface area contributed by atoms with Crippen LogP contribution in [0.3, 0.4) is 0 Å². The van der Waals surface area contributed by atoms with E-state index in [1.807, 2.05) is 0 Å². The molecule has 0 N–H and O–H groups in total. The molecule has 0 spiro atoms. The second-order valence-electron chi connectivity index (χ2n) is 4.32. The van der Waals surface area contributed by atoms with Gasteiger partial charge in [0.2, 0.25) is 0 Å². The van der Waals surface area contributed by atoms with E-state index in [0.717, 1.165) is 6.07 Å². The third-order valence-corrected chi connectivity index (χ3v) is 2.84. The number of rotatable bonds is 5. The Morgan fingerprint density at radius 2 is 2.05 bits per heavy atom. The smallest absolute Gasteiger partial charge is 0.490 e. The van der Waals surface area contributed by atoms with Gasteiger partial charge in [-0.05, 0) is 12.1 Å². The van der Waals surface area contributed by atoms with Crippen LogP contribution >= 0.6 is 0 Å². The summed E-state index contributed by atoms with van der Waals surface area (Å²) in [6, 6.07) is 2.16. The van der Waals surface area contributed by atoms with E-state index in [2.05, 4.69) is 4.98 Å². The lowest BCUT2D eigenvalue weighted by Gasteiger charge is -2.16. The Morgan fingerprint density at radius 3 is 2.65 bits per heavy atom. The van der Waals surface area contributed by atoms with Crippen LogP contribution in [0.2, 0.25) is 0 Å². The molecule has 0 aliphatic carbocycles. The molecule has 1 heterocycles. The first-order chi connectivity index (χ1) is 9.38. The van der Waals surface area contributed by atoms with Gasteiger partial charge in [-0.2, -0.15) is 0 Å². The fourth-order valence-electron chi connectivity index (χ4n) is 1.72. The normalized spacial score (nSPS) is 11.7. The maximum atomic E-state index is 13.4. The summed E-state index contributed by atoms with van der Waals surface area (Å²) in [6.07, 6.45) is 3.72. The molecule has 8 heteroatoms. The van der Waals surface area contributed by atoms with Crippen LogP contribution in [0.5, 0.6) is 5.75 Å². The molecular weight excluding hydrogens is 275 g/mol. The van der Waals surface area contributed by atoms with Crippen molar-refractivity contribution >= 4 is 12.4 Å². The van der Waals surface area contributed by atoms with Gasteiger partial charge in [0.1, 0.15) is 5.82 Å². The van der Waals surface area contributed by atoms with Gasteiger partial charge in [-0.15, -0.1) is 5.46 Å². The number of imidazole rings is 1. The number of aryl methyl sites for hydroxylation is 1. The van der Waals surface area contributed by atoms with E-state index in [9.17, 15) is 17.3 Å².